The molecule has 2 unspecified atom stereocenters. The van der Waals surface area contributed by atoms with E-state index in [2.05, 4.69) is 34.1 Å². The summed E-state index contributed by atoms with van der Waals surface area (Å²) in [5.74, 6) is 0.598. The first-order valence-corrected chi connectivity index (χ1v) is 12.9. The lowest BCUT2D eigenvalue weighted by atomic mass is 9.96. The third kappa shape index (κ3) is 5.06. The number of nitrogens with zero attached hydrogens (tertiary/aromatic N) is 3. The molecule has 3 atom stereocenters. The molecular weight excluding hydrogens is 414 g/mol. The fraction of sp³-hybridized carbons (Fsp3) is 0.704. The van der Waals surface area contributed by atoms with Gasteiger partial charge in [-0.2, -0.15) is 0 Å². The van der Waals surface area contributed by atoms with Crippen molar-refractivity contribution in [1.82, 2.24) is 14.7 Å². The fourth-order valence-corrected chi connectivity index (χ4v) is 6.15. The van der Waals surface area contributed by atoms with Crippen LogP contribution in [0.2, 0.25) is 0 Å². The molecule has 33 heavy (non-hydrogen) atoms. The normalized spacial score (nSPS) is 29.8. The lowest BCUT2D eigenvalue weighted by molar-refractivity contribution is -0.135. The molecule has 0 spiro atoms. The Morgan fingerprint density at radius 1 is 0.970 bits per heavy atom. The van der Waals surface area contributed by atoms with Crippen LogP contribution in [-0.4, -0.2) is 69.6 Å². The molecule has 3 saturated heterocycles. The van der Waals surface area contributed by atoms with Gasteiger partial charge in [0.05, 0.1) is 0 Å². The van der Waals surface area contributed by atoms with Crippen LogP contribution >= 0.6 is 0 Å². The van der Waals surface area contributed by atoms with Gasteiger partial charge in [-0.05, 0) is 71.3 Å². The molecule has 2 bridgehead atoms. The topological polar surface area (TPSA) is 53.1 Å². The predicted molar refractivity (Wildman–Crippen MR) is 128 cm³/mol. The maximum atomic E-state index is 13.2. The average molecular weight is 454 g/mol. The predicted octanol–water partition coefficient (Wildman–Crippen LogP) is 4.43. The van der Waals surface area contributed by atoms with E-state index in [9.17, 15) is 9.59 Å². The second kappa shape index (κ2) is 8.94. The Balaban J connectivity index is 1.22. The first-order chi connectivity index (χ1) is 15.8. The van der Waals surface area contributed by atoms with E-state index >= 15 is 0 Å². The van der Waals surface area contributed by atoms with E-state index in [4.69, 9.17) is 4.74 Å². The molecule has 0 aromatic heterocycles. The van der Waals surface area contributed by atoms with E-state index in [1.165, 1.54) is 5.56 Å². The van der Waals surface area contributed by atoms with Crippen molar-refractivity contribution in [3.8, 4) is 0 Å². The first-order valence-electron chi connectivity index (χ1n) is 12.9. The quantitative estimate of drug-likeness (QED) is 0.662. The Morgan fingerprint density at radius 2 is 1.64 bits per heavy atom. The van der Waals surface area contributed by atoms with Gasteiger partial charge < -0.3 is 14.5 Å². The van der Waals surface area contributed by atoms with Crippen LogP contribution < -0.4 is 0 Å². The number of benzene rings is 1. The number of piperidine rings is 1. The summed E-state index contributed by atoms with van der Waals surface area (Å²) < 4.78 is 5.71. The van der Waals surface area contributed by atoms with E-state index in [-0.39, 0.29) is 24.1 Å². The summed E-state index contributed by atoms with van der Waals surface area (Å²) in [7, 11) is 0. The Hall–Kier alpha value is -2.08. The molecule has 6 heteroatoms. The molecule has 180 valence electrons. The van der Waals surface area contributed by atoms with E-state index in [1.807, 2.05) is 31.7 Å². The minimum Gasteiger partial charge on any atom is -0.444 e. The summed E-state index contributed by atoms with van der Waals surface area (Å²) in [6.07, 6.45) is 7.22. The smallest absolute Gasteiger partial charge is 0.410 e. The number of ether oxygens (including phenoxy) is 1. The molecule has 1 saturated carbocycles. The number of amides is 2. The Labute approximate surface area is 198 Å². The van der Waals surface area contributed by atoms with Gasteiger partial charge in [0, 0.05) is 49.7 Å². The average Bonchev–Trinajstić information content (AvgIpc) is 3.44. The Kier molecular flexibility index (Phi) is 6.15. The van der Waals surface area contributed by atoms with E-state index in [1.54, 1.807) is 0 Å². The van der Waals surface area contributed by atoms with Gasteiger partial charge in [-0.15, -0.1) is 0 Å². The van der Waals surface area contributed by atoms with Crippen molar-refractivity contribution in [1.29, 1.82) is 0 Å². The molecule has 0 radical (unpaired) electrons. The molecule has 6 nitrogen and oxygen atoms in total. The summed E-state index contributed by atoms with van der Waals surface area (Å²) in [6.45, 7) is 8.54. The zero-order valence-electron chi connectivity index (χ0n) is 20.4. The summed E-state index contributed by atoms with van der Waals surface area (Å²) in [5, 5.41) is 0. The number of likely N-dealkylation sites (tertiary alicyclic amines) is 1. The maximum absolute atomic E-state index is 13.2. The van der Waals surface area contributed by atoms with Gasteiger partial charge in [-0.1, -0.05) is 30.3 Å². The highest BCUT2D eigenvalue weighted by Gasteiger charge is 2.47. The van der Waals surface area contributed by atoms with E-state index in [0.717, 1.165) is 64.6 Å². The van der Waals surface area contributed by atoms with Crippen molar-refractivity contribution >= 4 is 12.0 Å². The largest absolute Gasteiger partial charge is 0.444 e. The first kappa shape index (κ1) is 22.7. The van der Waals surface area contributed by atoms with E-state index in [0.29, 0.717) is 18.0 Å². The van der Waals surface area contributed by atoms with Crippen LogP contribution in [0.4, 0.5) is 4.79 Å². The highest BCUT2D eigenvalue weighted by atomic mass is 16.6. The van der Waals surface area contributed by atoms with Gasteiger partial charge in [0.1, 0.15) is 5.60 Å². The highest BCUT2D eigenvalue weighted by molar-refractivity contribution is 5.81. The number of hydrogen-bond donors (Lipinski definition) is 0. The molecule has 4 aliphatic rings. The Morgan fingerprint density at radius 3 is 2.24 bits per heavy atom. The fourth-order valence-electron chi connectivity index (χ4n) is 6.15. The van der Waals surface area contributed by atoms with Crippen LogP contribution in [0.15, 0.2) is 30.3 Å². The maximum Gasteiger partial charge on any atom is 0.410 e. The van der Waals surface area contributed by atoms with Gasteiger partial charge in [0.15, 0.2) is 0 Å². The van der Waals surface area contributed by atoms with Crippen molar-refractivity contribution in [2.24, 2.45) is 5.92 Å². The Bertz CT molecular complexity index is 849. The van der Waals surface area contributed by atoms with Gasteiger partial charge in [0.2, 0.25) is 5.91 Å². The van der Waals surface area contributed by atoms with Crippen molar-refractivity contribution in [3.63, 3.8) is 0 Å². The highest BCUT2D eigenvalue weighted by Crippen LogP contribution is 2.40. The number of hydrogen-bond acceptors (Lipinski definition) is 4. The molecule has 3 aliphatic heterocycles. The SMILES string of the molecule is CC(C)(C)OC(=O)N1C2CCC1CC(N1CC[C@@H](N(Cc3ccccc3)C(=O)C3CC3)C1)C2. The third-order valence-corrected chi connectivity index (χ3v) is 7.87. The molecule has 2 amide bonds. The number of rotatable bonds is 5. The molecule has 4 fully saturated rings. The number of fused-ring (bicyclic) bond motifs is 2. The second-order valence-corrected chi connectivity index (χ2v) is 11.6. The summed E-state index contributed by atoms with van der Waals surface area (Å²) in [6, 6.07) is 11.8. The second-order valence-electron chi connectivity index (χ2n) is 11.6. The molecular formula is C27H39N3O3. The molecule has 1 aliphatic carbocycles. The van der Waals surface area contributed by atoms with Crippen LogP contribution in [0.5, 0.6) is 0 Å². The van der Waals surface area contributed by atoms with Crippen LogP contribution in [-0.2, 0) is 16.1 Å². The van der Waals surface area contributed by atoms with Crippen molar-refractivity contribution < 1.29 is 14.3 Å². The third-order valence-electron chi connectivity index (χ3n) is 7.87. The van der Waals surface area contributed by atoms with Gasteiger partial charge in [0.25, 0.3) is 0 Å². The summed E-state index contributed by atoms with van der Waals surface area (Å²) in [4.78, 5) is 32.8. The number of carbonyl (C=O) groups excluding carboxylic acids is 2. The van der Waals surface area contributed by atoms with Crippen LogP contribution in [0.3, 0.4) is 0 Å². The lowest BCUT2D eigenvalue weighted by Gasteiger charge is -2.42. The summed E-state index contributed by atoms with van der Waals surface area (Å²) in [5.41, 5.74) is 0.764. The van der Waals surface area contributed by atoms with Crippen molar-refractivity contribution in [3.05, 3.63) is 35.9 Å². The van der Waals surface area contributed by atoms with Crippen molar-refractivity contribution in [2.45, 2.75) is 102 Å². The van der Waals surface area contributed by atoms with E-state index < -0.39 is 5.60 Å². The molecule has 1 aromatic rings. The summed E-state index contributed by atoms with van der Waals surface area (Å²) >= 11 is 0. The zero-order chi connectivity index (χ0) is 23.2. The molecule has 5 rings (SSSR count). The van der Waals surface area contributed by atoms with Gasteiger partial charge in [-0.25, -0.2) is 4.79 Å². The van der Waals surface area contributed by atoms with Crippen LogP contribution in [0, 0.1) is 5.92 Å². The lowest BCUT2D eigenvalue weighted by Crippen LogP contribution is -2.53. The monoisotopic (exact) mass is 453 g/mol. The van der Waals surface area contributed by atoms with Crippen molar-refractivity contribution in [2.75, 3.05) is 13.1 Å². The van der Waals surface area contributed by atoms with Gasteiger partial charge >= 0.3 is 6.09 Å². The molecule has 3 heterocycles. The minimum atomic E-state index is -0.453. The van der Waals surface area contributed by atoms with Crippen LogP contribution in [0.25, 0.3) is 0 Å². The number of carbonyl (C=O) groups is 2. The molecule has 1 aromatic carbocycles. The zero-order valence-corrected chi connectivity index (χ0v) is 20.4. The minimum absolute atomic E-state index is 0.142. The van der Waals surface area contributed by atoms with Gasteiger partial charge in [-0.3, -0.25) is 9.69 Å². The van der Waals surface area contributed by atoms with Crippen LogP contribution in [0.1, 0.15) is 71.3 Å². The molecule has 0 N–H and O–H groups in total. The standard InChI is InChI=1S/C27H39N3O3/c1-27(2,3)33-26(32)30-21-11-12-22(30)16-24(15-21)28-14-13-23(18-28)29(25(31)20-9-10-20)17-19-7-5-4-6-8-19/h4-8,20-24H,9-18H2,1-3H3/t21?,22?,23-,24?/m1/s1.